The molecule has 0 aliphatic carbocycles. The smallest absolute Gasteiger partial charge is 0.0492 e. The van der Waals surface area contributed by atoms with E-state index in [0.717, 1.165) is 17.0 Å². The first-order valence-electron chi connectivity index (χ1n) is 4.85. The van der Waals surface area contributed by atoms with Crippen molar-refractivity contribution >= 4 is 22.9 Å². The van der Waals surface area contributed by atoms with Gasteiger partial charge in [0.25, 0.3) is 0 Å². The van der Waals surface area contributed by atoms with Crippen LogP contribution >= 0.6 is 22.9 Å². The molecule has 0 saturated carbocycles. The highest BCUT2D eigenvalue weighted by Gasteiger charge is 2.05. The Morgan fingerprint density at radius 2 is 1.93 bits per heavy atom. The summed E-state index contributed by atoms with van der Waals surface area (Å²) < 4.78 is 0. The summed E-state index contributed by atoms with van der Waals surface area (Å²) >= 11 is 7.89. The topological polar surface area (TPSA) is 26.0 Å². The Morgan fingerprint density at radius 3 is 2.67 bits per heavy atom. The van der Waals surface area contributed by atoms with Crippen LogP contribution in [0.3, 0.4) is 0 Å². The summed E-state index contributed by atoms with van der Waals surface area (Å²) in [5.41, 5.74) is 6.62. The highest BCUT2D eigenvalue weighted by Crippen LogP contribution is 2.33. The van der Waals surface area contributed by atoms with Crippen LogP contribution in [0.4, 0.5) is 0 Å². The summed E-state index contributed by atoms with van der Waals surface area (Å²) in [6, 6.07) is 12.1. The predicted octanol–water partition coefficient (Wildman–Crippen LogP) is 3.57. The summed E-state index contributed by atoms with van der Waals surface area (Å²) in [6.45, 7) is 0.697. The zero-order valence-corrected chi connectivity index (χ0v) is 9.81. The lowest BCUT2D eigenvalue weighted by Crippen LogP contribution is -2.00. The third-order valence-corrected chi connectivity index (χ3v) is 3.70. The van der Waals surface area contributed by atoms with Crippen LogP contribution in [0, 0.1) is 0 Å². The van der Waals surface area contributed by atoms with Crippen LogP contribution in [0.15, 0.2) is 36.4 Å². The van der Waals surface area contributed by atoms with E-state index in [9.17, 15) is 0 Å². The highest BCUT2D eigenvalue weighted by molar-refractivity contribution is 7.15. The van der Waals surface area contributed by atoms with Gasteiger partial charge in [-0.3, -0.25) is 0 Å². The molecule has 0 aliphatic heterocycles. The van der Waals surface area contributed by atoms with Crippen LogP contribution in [0.1, 0.15) is 4.88 Å². The SMILES string of the molecule is NCCc1ccc(-c2ccccc2Cl)s1. The zero-order chi connectivity index (χ0) is 10.7. The second-order valence-electron chi connectivity index (χ2n) is 3.28. The molecule has 1 aromatic carbocycles. The molecule has 2 N–H and O–H groups in total. The van der Waals surface area contributed by atoms with Crippen LogP contribution in [0.25, 0.3) is 10.4 Å². The Balaban J connectivity index is 2.33. The molecule has 0 saturated heterocycles. The number of nitrogens with two attached hydrogens (primary N) is 1. The molecule has 1 nitrogen and oxygen atoms in total. The first-order valence-corrected chi connectivity index (χ1v) is 6.04. The second-order valence-corrected chi connectivity index (χ2v) is 4.86. The molecular formula is C12H12ClNS. The van der Waals surface area contributed by atoms with Crippen molar-refractivity contribution in [1.29, 1.82) is 0 Å². The number of thiophene rings is 1. The van der Waals surface area contributed by atoms with Gasteiger partial charge in [0.15, 0.2) is 0 Å². The summed E-state index contributed by atoms with van der Waals surface area (Å²) in [5, 5.41) is 0.804. The Kier molecular flexibility index (Phi) is 3.41. The van der Waals surface area contributed by atoms with Crippen molar-refractivity contribution in [1.82, 2.24) is 0 Å². The molecule has 0 bridgehead atoms. The van der Waals surface area contributed by atoms with Gasteiger partial charge in [-0.05, 0) is 31.2 Å². The van der Waals surface area contributed by atoms with Gasteiger partial charge in [-0.25, -0.2) is 0 Å². The molecule has 0 amide bonds. The molecule has 3 heteroatoms. The van der Waals surface area contributed by atoms with Crippen LogP contribution in [-0.2, 0) is 6.42 Å². The molecule has 2 rings (SSSR count). The van der Waals surface area contributed by atoms with Crippen molar-refractivity contribution in [3.05, 3.63) is 46.3 Å². The fourth-order valence-corrected chi connectivity index (χ4v) is 2.82. The monoisotopic (exact) mass is 237 g/mol. The van der Waals surface area contributed by atoms with E-state index >= 15 is 0 Å². The molecule has 1 aromatic heterocycles. The van der Waals surface area contributed by atoms with E-state index in [2.05, 4.69) is 12.1 Å². The third kappa shape index (κ3) is 2.40. The van der Waals surface area contributed by atoms with Gasteiger partial charge in [-0.15, -0.1) is 11.3 Å². The van der Waals surface area contributed by atoms with Crippen LogP contribution in [0.5, 0.6) is 0 Å². The average Bonchev–Trinajstić information content (AvgIpc) is 2.68. The van der Waals surface area contributed by atoms with Crippen LogP contribution in [-0.4, -0.2) is 6.54 Å². The molecule has 0 fully saturated rings. The number of benzene rings is 1. The quantitative estimate of drug-likeness (QED) is 0.868. The third-order valence-electron chi connectivity index (χ3n) is 2.19. The lowest BCUT2D eigenvalue weighted by Gasteiger charge is -1.99. The number of rotatable bonds is 3. The van der Waals surface area contributed by atoms with Gasteiger partial charge in [0.05, 0.1) is 0 Å². The maximum absolute atomic E-state index is 6.13. The molecular weight excluding hydrogens is 226 g/mol. The van der Waals surface area contributed by atoms with E-state index in [1.54, 1.807) is 11.3 Å². The van der Waals surface area contributed by atoms with E-state index in [1.807, 2.05) is 24.3 Å². The highest BCUT2D eigenvalue weighted by atomic mass is 35.5. The number of hydrogen-bond donors (Lipinski definition) is 1. The summed E-state index contributed by atoms with van der Waals surface area (Å²) in [6.07, 6.45) is 0.940. The molecule has 0 atom stereocenters. The first-order chi connectivity index (χ1) is 7.31. The minimum absolute atomic E-state index is 0.697. The van der Waals surface area contributed by atoms with E-state index < -0.39 is 0 Å². The van der Waals surface area contributed by atoms with Crippen LogP contribution in [0.2, 0.25) is 5.02 Å². The maximum Gasteiger partial charge on any atom is 0.0492 e. The first kappa shape index (κ1) is 10.7. The predicted molar refractivity (Wildman–Crippen MR) is 67.5 cm³/mol. The minimum atomic E-state index is 0.697. The lowest BCUT2D eigenvalue weighted by atomic mass is 10.2. The van der Waals surface area contributed by atoms with Crippen molar-refractivity contribution in [2.24, 2.45) is 5.73 Å². The second kappa shape index (κ2) is 4.79. The Morgan fingerprint density at radius 1 is 1.13 bits per heavy atom. The van der Waals surface area contributed by atoms with Crippen molar-refractivity contribution in [3.63, 3.8) is 0 Å². The summed E-state index contributed by atoms with van der Waals surface area (Å²) in [4.78, 5) is 2.52. The van der Waals surface area contributed by atoms with E-state index in [1.165, 1.54) is 9.75 Å². The number of halogens is 1. The van der Waals surface area contributed by atoms with E-state index in [-0.39, 0.29) is 0 Å². The van der Waals surface area contributed by atoms with Gasteiger partial charge in [-0.1, -0.05) is 29.8 Å². The molecule has 0 spiro atoms. The Bertz CT molecular complexity index is 450. The van der Waals surface area contributed by atoms with Crippen molar-refractivity contribution in [2.75, 3.05) is 6.54 Å². The summed E-state index contributed by atoms with van der Waals surface area (Å²) in [7, 11) is 0. The van der Waals surface area contributed by atoms with E-state index in [0.29, 0.717) is 6.54 Å². The fourth-order valence-electron chi connectivity index (χ4n) is 1.46. The van der Waals surface area contributed by atoms with E-state index in [4.69, 9.17) is 17.3 Å². The van der Waals surface area contributed by atoms with Gasteiger partial charge in [0, 0.05) is 20.3 Å². The van der Waals surface area contributed by atoms with Gasteiger partial charge < -0.3 is 5.73 Å². The van der Waals surface area contributed by atoms with Crippen molar-refractivity contribution in [2.45, 2.75) is 6.42 Å². The normalized spacial score (nSPS) is 10.5. The van der Waals surface area contributed by atoms with Gasteiger partial charge in [0.2, 0.25) is 0 Å². The van der Waals surface area contributed by atoms with Gasteiger partial charge in [-0.2, -0.15) is 0 Å². The largest absolute Gasteiger partial charge is 0.330 e. The fraction of sp³-hybridized carbons (Fsp3) is 0.167. The van der Waals surface area contributed by atoms with Crippen molar-refractivity contribution in [3.8, 4) is 10.4 Å². The maximum atomic E-state index is 6.13. The molecule has 0 unspecified atom stereocenters. The molecule has 2 aromatic rings. The van der Waals surface area contributed by atoms with Crippen LogP contribution < -0.4 is 5.73 Å². The standard InChI is InChI=1S/C12H12ClNS/c13-11-4-2-1-3-10(11)12-6-5-9(15-12)7-8-14/h1-6H,7-8,14H2. The minimum Gasteiger partial charge on any atom is -0.330 e. The Hall–Kier alpha value is -0.830. The Labute approximate surface area is 98.5 Å². The lowest BCUT2D eigenvalue weighted by molar-refractivity contribution is 0.989. The molecule has 15 heavy (non-hydrogen) atoms. The molecule has 0 radical (unpaired) electrons. The molecule has 0 aliphatic rings. The van der Waals surface area contributed by atoms with Gasteiger partial charge >= 0.3 is 0 Å². The number of hydrogen-bond acceptors (Lipinski definition) is 2. The molecule has 78 valence electrons. The average molecular weight is 238 g/mol. The molecule has 1 heterocycles. The van der Waals surface area contributed by atoms with Gasteiger partial charge in [0.1, 0.15) is 0 Å². The summed E-state index contributed by atoms with van der Waals surface area (Å²) in [5.74, 6) is 0. The zero-order valence-electron chi connectivity index (χ0n) is 8.24. The van der Waals surface area contributed by atoms with Crippen molar-refractivity contribution < 1.29 is 0 Å².